The highest BCUT2D eigenvalue weighted by molar-refractivity contribution is 6.33. The first-order chi connectivity index (χ1) is 14.9. The summed E-state index contributed by atoms with van der Waals surface area (Å²) in [5, 5.41) is 3.63. The van der Waals surface area contributed by atoms with Gasteiger partial charge in [-0.1, -0.05) is 35.9 Å². The number of H-pyrrole nitrogens is 1. The number of nitrogens with one attached hydrogen (secondary N) is 1. The van der Waals surface area contributed by atoms with Crippen LogP contribution in [-0.2, 0) is 13.0 Å². The van der Waals surface area contributed by atoms with E-state index in [1.165, 1.54) is 10.6 Å². The van der Waals surface area contributed by atoms with Gasteiger partial charge in [0.15, 0.2) is 5.65 Å². The molecule has 5 rings (SSSR count). The molecule has 0 unspecified atom stereocenters. The summed E-state index contributed by atoms with van der Waals surface area (Å²) in [6.07, 6.45) is 0.452. The number of hydrogen-bond acceptors (Lipinski definition) is 3. The van der Waals surface area contributed by atoms with Crippen molar-refractivity contribution in [2.45, 2.75) is 19.9 Å². The Bertz CT molecular complexity index is 1410. The number of halogens is 2. The highest BCUT2D eigenvalue weighted by Crippen LogP contribution is 2.27. The molecular weight excluding hydrogens is 419 g/mol. The van der Waals surface area contributed by atoms with Crippen molar-refractivity contribution < 1.29 is 9.18 Å². The molecule has 0 bridgehead atoms. The molecule has 2 aromatic carbocycles. The van der Waals surface area contributed by atoms with Crippen LogP contribution in [0.15, 0.2) is 53.3 Å². The van der Waals surface area contributed by atoms with E-state index in [9.17, 15) is 14.0 Å². The molecular formula is C23H18ClFN4O2. The van der Waals surface area contributed by atoms with E-state index >= 15 is 0 Å². The molecule has 1 N–H and O–H groups in total. The second-order valence-electron chi connectivity index (χ2n) is 7.63. The van der Waals surface area contributed by atoms with Crippen molar-refractivity contribution >= 4 is 23.2 Å². The predicted molar refractivity (Wildman–Crippen MR) is 116 cm³/mol. The van der Waals surface area contributed by atoms with Crippen LogP contribution in [-0.4, -0.2) is 31.9 Å². The number of amides is 1. The molecule has 0 atom stereocenters. The van der Waals surface area contributed by atoms with Crippen LogP contribution < -0.4 is 5.56 Å². The van der Waals surface area contributed by atoms with Gasteiger partial charge >= 0.3 is 0 Å². The van der Waals surface area contributed by atoms with E-state index in [0.29, 0.717) is 46.2 Å². The third-order valence-corrected chi connectivity index (χ3v) is 5.96. The number of fused-ring (bicyclic) bond motifs is 2. The van der Waals surface area contributed by atoms with E-state index in [-0.39, 0.29) is 23.6 Å². The normalized spacial score (nSPS) is 13.5. The van der Waals surface area contributed by atoms with Crippen molar-refractivity contribution in [2.24, 2.45) is 0 Å². The molecule has 0 saturated heterocycles. The van der Waals surface area contributed by atoms with E-state index < -0.39 is 5.82 Å². The molecule has 0 radical (unpaired) electrons. The number of nitrogens with zero attached hydrogens (tertiary/aromatic N) is 3. The van der Waals surface area contributed by atoms with Crippen molar-refractivity contribution in [3.63, 3.8) is 0 Å². The number of aromatic amines is 1. The van der Waals surface area contributed by atoms with Crippen LogP contribution >= 0.6 is 11.6 Å². The Kier molecular flexibility index (Phi) is 4.63. The van der Waals surface area contributed by atoms with Crippen molar-refractivity contribution in [2.75, 3.05) is 6.54 Å². The molecule has 2 aromatic heterocycles. The van der Waals surface area contributed by atoms with Gasteiger partial charge in [-0.15, -0.1) is 0 Å². The van der Waals surface area contributed by atoms with Crippen LogP contribution in [0.4, 0.5) is 4.39 Å². The van der Waals surface area contributed by atoms with E-state index in [1.807, 2.05) is 18.2 Å². The molecule has 6 nitrogen and oxygen atoms in total. The number of carbonyl (C=O) groups excluding carboxylic acids is 1. The van der Waals surface area contributed by atoms with Gasteiger partial charge in [-0.25, -0.2) is 13.9 Å². The molecule has 0 spiro atoms. The minimum absolute atomic E-state index is 0.124. The number of carbonyl (C=O) groups is 1. The van der Waals surface area contributed by atoms with E-state index in [4.69, 9.17) is 11.6 Å². The fourth-order valence-corrected chi connectivity index (χ4v) is 4.12. The molecule has 0 saturated carbocycles. The Morgan fingerprint density at radius 2 is 2.00 bits per heavy atom. The highest BCUT2D eigenvalue weighted by atomic mass is 35.5. The molecule has 0 aliphatic carbocycles. The summed E-state index contributed by atoms with van der Waals surface area (Å²) in [4.78, 5) is 32.2. The summed E-state index contributed by atoms with van der Waals surface area (Å²) in [5.41, 5.74) is 3.56. The van der Waals surface area contributed by atoms with Gasteiger partial charge in [-0.2, -0.15) is 0 Å². The fraction of sp³-hybridized carbons (Fsp3) is 0.174. The minimum atomic E-state index is -0.426. The van der Waals surface area contributed by atoms with Crippen LogP contribution in [0.2, 0.25) is 5.02 Å². The molecule has 4 aromatic rings. The number of hydrogen-bond donors (Lipinski definition) is 1. The SMILES string of the molecule is Cc1ccc(C(=O)N2CCc3nc4cc(-c5ccccc5Cl)[nH]n4c(=O)c3C2)cc1F. The zero-order valence-electron chi connectivity index (χ0n) is 16.7. The smallest absolute Gasteiger partial charge is 0.277 e. The Balaban J connectivity index is 1.52. The fourth-order valence-electron chi connectivity index (χ4n) is 3.88. The Labute approximate surface area is 181 Å². The number of benzene rings is 2. The monoisotopic (exact) mass is 436 g/mol. The van der Waals surface area contributed by atoms with Crippen molar-refractivity contribution in [3.05, 3.63) is 92.1 Å². The van der Waals surface area contributed by atoms with Gasteiger partial charge in [-0.3, -0.25) is 14.7 Å². The third-order valence-electron chi connectivity index (χ3n) is 5.63. The van der Waals surface area contributed by atoms with Gasteiger partial charge in [0.05, 0.1) is 23.5 Å². The van der Waals surface area contributed by atoms with Crippen molar-refractivity contribution in [1.29, 1.82) is 0 Å². The molecule has 3 heterocycles. The summed E-state index contributed by atoms with van der Waals surface area (Å²) in [6, 6.07) is 13.5. The maximum absolute atomic E-state index is 13.9. The summed E-state index contributed by atoms with van der Waals surface area (Å²) in [5.74, 6) is -0.734. The largest absolute Gasteiger partial charge is 0.334 e. The van der Waals surface area contributed by atoms with E-state index in [1.54, 1.807) is 36.1 Å². The first-order valence-electron chi connectivity index (χ1n) is 9.86. The molecule has 1 amide bonds. The third kappa shape index (κ3) is 3.31. The average Bonchev–Trinajstić information content (AvgIpc) is 3.19. The van der Waals surface area contributed by atoms with Crippen LogP contribution in [0.25, 0.3) is 16.9 Å². The van der Waals surface area contributed by atoms with Crippen LogP contribution in [0, 0.1) is 12.7 Å². The van der Waals surface area contributed by atoms with Gasteiger partial charge in [0, 0.05) is 35.2 Å². The lowest BCUT2D eigenvalue weighted by Gasteiger charge is -2.27. The summed E-state index contributed by atoms with van der Waals surface area (Å²) in [6.45, 7) is 2.18. The van der Waals surface area contributed by atoms with Crippen LogP contribution in [0.1, 0.15) is 27.2 Å². The molecule has 31 heavy (non-hydrogen) atoms. The molecule has 1 aliphatic rings. The molecule has 0 fully saturated rings. The number of aromatic nitrogens is 3. The highest BCUT2D eigenvalue weighted by Gasteiger charge is 2.26. The van der Waals surface area contributed by atoms with Gasteiger partial charge < -0.3 is 4.90 Å². The van der Waals surface area contributed by atoms with Gasteiger partial charge in [0.2, 0.25) is 0 Å². The maximum atomic E-state index is 13.9. The quantitative estimate of drug-likeness (QED) is 0.516. The van der Waals surface area contributed by atoms with E-state index in [0.717, 1.165) is 5.56 Å². The number of rotatable bonds is 2. The van der Waals surface area contributed by atoms with Gasteiger partial charge in [0.25, 0.3) is 11.5 Å². The summed E-state index contributed by atoms with van der Waals surface area (Å²) in [7, 11) is 0. The first kappa shape index (κ1) is 19.5. The Morgan fingerprint density at radius 3 is 2.77 bits per heavy atom. The lowest BCUT2D eigenvalue weighted by molar-refractivity contribution is 0.0732. The second-order valence-corrected chi connectivity index (χ2v) is 8.03. The van der Waals surface area contributed by atoms with Gasteiger partial charge in [-0.05, 0) is 30.7 Å². The zero-order valence-corrected chi connectivity index (χ0v) is 17.4. The number of aryl methyl sites for hydroxylation is 1. The van der Waals surface area contributed by atoms with Crippen molar-refractivity contribution in [3.8, 4) is 11.3 Å². The maximum Gasteiger partial charge on any atom is 0.277 e. The van der Waals surface area contributed by atoms with Gasteiger partial charge in [0.1, 0.15) is 5.82 Å². The molecule has 8 heteroatoms. The lowest BCUT2D eigenvalue weighted by atomic mass is 10.0. The first-order valence-corrected chi connectivity index (χ1v) is 10.2. The summed E-state index contributed by atoms with van der Waals surface area (Å²) < 4.78 is 15.3. The van der Waals surface area contributed by atoms with Crippen molar-refractivity contribution in [1.82, 2.24) is 19.5 Å². The average molecular weight is 437 g/mol. The Hall–Kier alpha value is -3.45. The second kappa shape index (κ2) is 7.35. The molecule has 156 valence electrons. The molecule has 1 aliphatic heterocycles. The lowest BCUT2D eigenvalue weighted by Crippen LogP contribution is -2.40. The summed E-state index contributed by atoms with van der Waals surface area (Å²) >= 11 is 6.29. The van der Waals surface area contributed by atoms with Crippen LogP contribution in [0.3, 0.4) is 0 Å². The zero-order chi connectivity index (χ0) is 21.7. The standard InChI is InChI=1S/C23H18ClFN4O2/c1-13-6-7-14(10-18(13)25)22(30)28-9-8-19-16(12-28)23(31)29-21(26-19)11-20(27-29)15-4-2-3-5-17(15)24/h2-7,10-11,27H,8-9,12H2,1H3. The Morgan fingerprint density at radius 1 is 1.19 bits per heavy atom. The topological polar surface area (TPSA) is 70.5 Å². The predicted octanol–water partition coefficient (Wildman–Crippen LogP) is 3.99. The van der Waals surface area contributed by atoms with E-state index in [2.05, 4.69) is 10.1 Å². The minimum Gasteiger partial charge on any atom is -0.334 e. The van der Waals surface area contributed by atoms with Crippen LogP contribution in [0.5, 0.6) is 0 Å².